The van der Waals surface area contributed by atoms with Crippen LogP contribution in [0.25, 0.3) is 0 Å². The van der Waals surface area contributed by atoms with Crippen LogP contribution in [0.5, 0.6) is 0 Å². The first-order valence-electron chi connectivity index (χ1n) is 25.3. The predicted octanol–water partition coefficient (Wildman–Crippen LogP) is 2.58. The lowest BCUT2D eigenvalue weighted by Crippen LogP contribution is -2.71. The van der Waals surface area contributed by atoms with Crippen molar-refractivity contribution in [2.45, 2.75) is 158 Å². The van der Waals surface area contributed by atoms with Gasteiger partial charge < -0.3 is 85.1 Å². The van der Waals surface area contributed by atoms with Crippen molar-refractivity contribution in [3.8, 4) is 0 Å². The van der Waals surface area contributed by atoms with E-state index in [-0.39, 0.29) is 34.7 Å². The summed E-state index contributed by atoms with van der Waals surface area (Å²) >= 11 is 0. The minimum Gasteiger partial charge on any atom is -0.491 e. The number of ether oxygens (including phenoxy) is 7. The zero-order chi connectivity index (χ0) is 61.2. The van der Waals surface area contributed by atoms with E-state index in [0.29, 0.717) is 0 Å². The summed E-state index contributed by atoms with van der Waals surface area (Å²) in [6.07, 6.45) is -21.6. The number of non-ortho nitro benzene ring substituents is 2. The van der Waals surface area contributed by atoms with Gasteiger partial charge in [0.15, 0.2) is 6.29 Å². The molecule has 32 heteroatoms. The van der Waals surface area contributed by atoms with Crippen molar-refractivity contribution in [1.29, 1.82) is 0 Å². The Balaban J connectivity index is 1.59. The maximum Gasteiger partial charge on any atom is 0.471 e. The van der Waals surface area contributed by atoms with Crippen LogP contribution in [0.3, 0.4) is 0 Å². The molecule has 2 fully saturated rings. The molecule has 2 heterocycles. The van der Waals surface area contributed by atoms with E-state index in [4.69, 9.17) is 33.2 Å². The Labute approximate surface area is 466 Å². The van der Waals surface area contributed by atoms with E-state index in [2.05, 4.69) is 21.3 Å². The van der Waals surface area contributed by atoms with Gasteiger partial charge in [-0.3, -0.25) is 29.8 Å². The smallest absolute Gasteiger partial charge is 0.471 e. The number of carbonyl (C=O) groups excluding carboxylic acids is 6. The number of alkyl carbamates (subject to hydrolysis) is 3. The highest BCUT2D eigenvalue weighted by molar-refractivity contribution is 5.82. The molecule has 0 radical (unpaired) electrons. The second-order valence-corrected chi connectivity index (χ2v) is 21.7. The SMILES string of the molecule is CN(C(=O)OC(C)(C)C)[C@@H]1[C@@H](O)[C@@H](O[C@@H]2[C@@H](O)[C@H](C3OC(CNC(=O)C(F)(F)F)=CC[C@H]3NC(=O)OCc3ccc([N+](=O)[O-])cc3)[C@@H](NC(=O)OCc3ccc([N+](=O)[O-])cc3)C[C@H]2NC(=O)[C@@H](O)CNC(=O)OC(C)(C)C)OC[C@]1(C)O. The zero-order valence-electron chi connectivity index (χ0n) is 45.7. The molecule has 12 atom stereocenters. The van der Waals surface area contributed by atoms with Gasteiger partial charge in [0.25, 0.3) is 17.3 Å². The number of nitrogens with one attached hydrogen (secondary N) is 5. The van der Waals surface area contributed by atoms with Crippen LogP contribution in [0.15, 0.2) is 60.4 Å². The molecule has 0 spiro atoms. The third kappa shape index (κ3) is 18.4. The van der Waals surface area contributed by atoms with E-state index in [9.17, 15) is 82.6 Å². The minimum absolute atomic E-state index is 0.247. The number of likely N-dealkylation sites (N-methyl/N-ethyl adjacent to an activating group) is 1. The van der Waals surface area contributed by atoms with E-state index < -0.39 is 175 Å². The molecule has 2 aromatic carbocycles. The van der Waals surface area contributed by atoms with Gasteiger partial charge in [-0.15, -0.1) is 0 Å². The molecule has 454 valence electrons. The van der Waals surface area contributed by atoms with Crippen LogP contribution in [-0.2, 0) is 56.0 Å². The summed E-state index contributed by atoms with van der Waals surface area (Å²) < 4.78 is 80.2. The second-order valence-electron chi connectivity index (χ2n) is 21.7. The van der Waals surface area contributed by atoms with Gasteiger partial charge in [-0.1, -0.05) is 0 Å². The van der Waals surface area contributed by atoms with Crippen molar-refractivity contribution in [3.63, 3.8) is 0 Å². The molecular weight excluding hydrogens is 1110 g/mol. The number of halogens is 3. The summed E-state index contributed by atoms with van der Waals surface area (Å²) in [5, 5.41) is 81.4. The van der Waals surface area contributed by atoms with Gasteiger partial charge in [0.1, 0.15) is 60.2 Å². The number of rotatable bonds is 18. The van der Waals surface area contributed by atoms with Crippen molar-refractivity contribution in [3.05, 3.63) is 91.7 Å². The Bertz CT molecular complexity index is 2650. The third-order valence-electron chi connectivity index (χ3n) is 12.7. The van der Waals surface area contributed by atoms with Crippen molar-refractivity contribution in [1.82, 2.24) is 31.5 Å². The number of nitrogens with zero attached hydrogens (tertiary/aromatic N) is 3. The Hall–Kier alpha value is -7.65. The molecule has 1 saturated carbocycles. The number of aliphatic hydroxyl groups is 4. The highest BCUT2D eigenvalue weighted by Crippen LogP contribution is 2.39. The van der Waals surface area contributed by atoms with Gasteiger partial charge >= 0.3 is 36.5 Å². The largest absolute Gasteiger partial charge is 0.491 e. The van der Waals surface area contributed by atoms with Crippen LogP contribution in [0.1, 0.15) is 72.4 Å². The van der Waals surface area contributed by atoms with Gasteiger partial charge in [0.05, 0.1) is 53.8 Å². The summed E-state index contributed by atoms with van der Waals surface area (Å²) in [7, 11) is 1.20. The molecule has 29 nitrogen and oxygen atoms in total. The minimum atomic E-state index is -5.36. The number of nitro benzene ring substituents is 2. The van der Waals surface area contributed by atoms with Gasteiger partial charge in [0, 0.05) is 43.3 Å². The van der Waals surface area contributed by atoms with E-state index in [1.165, 1.54) is 44.3 Å². The average Bonchev–Trinajstić information content (AvgIpc) is 3.34. The van der Waals surface area contributed by atoms with Gasteiger partial charge in [-0.2, -0.15) is 13.2 Å². The molecule has 0 aromatic heterocycles. The maximum absolute atomic E-state index is 13.9. The Morgan fingerprint density at radius 3 is 1.80 bits per heavy atom. The van der Waals surface area contributed by atoms with Crippen molar-refractivity contribution < 1.29 is 105 Å². The Morgan fingerprint density at radius 2 is 1.30 bits per heavy atom. The first-order valence-corrected chi connectivity index (χ1v) is 25.3. The van der Waals surface area contributed by atoms with Crippen LogP contribution in [-0.4, -0.2) is 182 Å². The number of alkyl halides is 3. The van der Waals surface area contributed by atoms with Crippen molar-refractivity contribution in [2.24, 2.45) is 5.92 Å². The molecule has 1 saturated heterocycles. The number of nitro groups is 2. The lowest BCUT2D eigenvalue weighted by molar-refractivity contribution is -0.385. The van der Waals surface area contributed by atoms with E-state index in [1.807, 2.05) is 0 Å². The molecule has 9 N–H and O–H groups in total. The molecule has 82 heavy (non-hydrogen) atoms. The number of amides is 6. The first-order chi connectivity index (χ1) is 38.0. The summed E-state index contributed by atoms with van der Waals surface area (Å²) in [5.74, 6) is -5.71. The summed E-state index contributed by atoms with van der Waals surface area (Å²) in [5.41, 5.74) is -4.13. The third-order valence-corrected chi connectivity index (χ3v) is 12.7. The number of hydrogen-bond donors (Lipinski definition) is 9. The standard InChI is InChI=1S/C50H67F3N8O21/c1-47(2,3)81-43(67)55-21-33(62)40(65)56-32-19-31(58-45(69)77-23-26-11-15-28(16-12-26)61(74)75)34(35(63)38(32)80-41-36(64)39(49(7,71)24-78-41)59(8)46(70)82-48(4,5)6)37-30(18-17-29(79-37)20-54-42(66)50(51,52)53)57-44(68)76-22-25-9-13-27(14-10-25)60(72)73/h9-17,30-39,41,62-64,71H,18-24H2,1-8H3,(H,54,66)(H,55,67)(H,56,65)(H,57,68)(H,58,69)/t30-,31+,32-,33+,34-,35+,36-,37?,38+,39-,41-,49+/m1/s1. The van der Waals surface area contributed by atoms with E-state index in [0.717, 1.165) is 29.2 Å². The fourth-order valence-corrected chi connectivity index (χ4v) is 9.02. The van der Waals surface area contributed by atoms with Gasteiger partial charge in [-0.25, -0.2) is 19.2 Å². The van der Waals surface area contributed by atoms with Crippen molar-refractivity contribution in [2.75, 3.05) is 26.7 Å². The highest BCUT2D eigenvalue weighted by Gasteiger charge is 2.57. The summed E-state index contributed by atoms with van der Waals surface area (Å²) in [6.45, 7) is 7.18. The van der Waals surface area contributed by atoms with Crippen LogP contribution in [0.2, 0.25) is 0 Å². The molecule has 2 aromatic rings. The monoisotopic (exact) mass is 1170 g/mol. The van der Waals surface area contributed by atoms with Crippen molar-refractivity contribution >= 4 is 47.6 Å². The Morgan fingerprint density at radius 1 is 0.780 bits per heavy atom. The predicted molar refractivity (Wildman–Crippen MR) is 272 cm³/mol. The van der Waals surface area contributed by atoms with Gasteiger partial charge in [-0.05, 0) is 103 Å². The van der Waals surface area contributed by atoms with Gasteiger partial charge in [0.2, 0.25) is 0 Å². The molecule has 0 bridgehead atoms. The zero-order valence-corrected chi connectivity index (χ0v) is 45.7. The normalized spacial score (nSPS) is 26.0. The number of carbonyl (C=O) groups is 6. The van der Waals surface area contributed by atoms with E-state index in [1.54, 1.807) is 46.9 Å². The number of benzene rings is 2. The van der Waals surface area contributed by atoms with Crippen LogP contribution >= 0.6 is 0 Å². The fourth-order valence-electron chi connectivity index (χ4n) is 9.02. The Kier molecular flexibility index (Phi) is 21.4. The second kappa shape index (κ2) is 27.0. The highest BCUT2D eigenvalue weighted by atomic mass is 19.4. The molecule has 1 aliphatic carbocycles. The quantitative estimate of drug-likeness (QED) is 0.0588. The molecule has 6 amide bonds. The van der Waals surface area contributed by atoms with Crippen LogP contribution < -0.4 is 26.6 Å². The molecular formula is C50H67F3N8O21. The lowest BCUT2D eigenvalue weighted by Gasteiger charge is -2.52. The van der Waals surface area contributed by atoms with E-state index >= 15 is 0 Å². The molecule has 2 aliphatic heterocycles. The van der Waals surface area contributed by atoms with Crippen LogP contribution in [0, 0.1) is 26.1 Å². The van der Waals surface area contributed by atoms with Crippen LogP contribution in [0.4, 0.5) is 43.7 Å². The summed E-state index contributed by atoms with van der Waals surface area (Å²) in [6, 6.07) is 3.50. The number of hydrogen-bond acceptors (Lipinski definition) is 21. The molecule has 5 rings (SSSR count). The topological polar surface area (TPSA) is 398 Å². The first kappa shape index (κ1) is 65.2. The summed E-state index contributed by atoms with van der Waals surface area (Å²) in [4.78, 5) is 101. The lowest BCUT2D eigenvalue weighted by atomic mass is 9.72. The fraction of sp³-hybridized carbons (Fsp3) is 0.600. The molecule has 3 aliphatic rings. The number of aliphatic hydroxyl groups excluding tert-OH is 3. The molecule has 1 unspecified atom stereocenters. The maximum atomic E-state index is 13.9. The average molecular weight is 1170 g/mol.